The second kappa shape index (κ2) is 4.62. The second-order valence-corrected chi connectivity index (χ2v) is 4.87. The molecule has 0 radical (unpaired) electrons. The zero-order valence-electron chi connectivity index (χ0n) is 7.93. The summed E-state index contributed by atoms with van der Waals surface area (Å²) in [6.45, 7) is 2.24. The molecule has 14 heavy (non-hydrogen) atoms. The lowest BCUT2D eigenvalue weighted by molar-refractivity contribution is 0.210. The van der Waals surface area contributed by atoms with E-state index in [9.17, 15) is 5.11 Å². The van der Waals surface area contributed by atoms with Crippen LogP contribution in [-0.2, 0) is 5.41 Å². The number of aliphatic hydroxyl groups is 1. The van der Waals surface area contributed by atoms with Crippen molar-refractivity contribution in [1.82, 2.24) is 0 Å². The van der Waals surface area contributed by atoms with Gasteiger partial charge in [-0.15, -0.1) is 0 Å². The molecule has 78 valence electrons. The Morgan fingerprint density at radius 1 is 1.57 bits per heavy atom. The summed E-state index contributed by atoms with van der Waals surface area (Å²) in [5.41, 5.74) is 6.04. The van der Waals surface area contributed by atoms with Crippen molar-refractivity contribution in [1.29, 1.82) is 0 Å². The lowest BCUT2D eigenvalue weighted by Gasteiger charge is -2.27. The minimum Gasteiger partial charge on any atom is -0.395 e. The Labute approximate surface area is 97.2 Å². The molecular weight excluding hydrogens is 265 g/mol. The van der Waals surface area contributed by atoms with Gasteiger partial charge in [-0.25, -0.2) is 0 Å². The summed E-state index contributed by atoms with van der Waals surface area (Å²) in [7, 11) is 0. The predicted octanol–water partition coefficient (Wildman–Crippen LogP) is 2.31. The summed E-state index contributed by atoms with van der Waals surface area (Å²) in [6, 6.07) is 5.55. The highest BCUT2D eigenvalue weighted by atomic mass is 79.9. The van der Waals surface area contributed by atoms with Gasteiger partial charge in [0.15, 0.2) is 0 Å². The third kappa shape index (κ3) is 2.28. The zero-order chi connectivity index (χ0) is 10.8. The van der Waals surface area contributed by atoms with Crippen molar-refractivity contribution >= 4 is 27.5 Å². The van der Waals surface area contributed by atoms with Crippen molar-refractivity contribution in [2.45, 2.75) is 12.3 Å². The second-order valence-electron chi connectivity index (χ2n) is 3.55. The summed E-state index contributed by atoms with van der Waals surface area (Å²) in [6.07, 6.45) is 0. The highest BCUT2D eigenvalue weighted by Gasteiger charge is 2.26. The standard InChI is InChI=1S/C10H13BrClNO/c1-10(5-13,6-14)8-4-7(11)2-3-9(8)12/h2-4,14H,5-6,13H2,1H3. The van der Waals surface area contributed by atoms with Crippen molar-refractivity contribution in [3.05, 3.63) is 33.3 Å². The number of rotatable bonds is 3. The quantitative estimate of drug-likeness (QED) is 0.891. The fraction of sp³-hybridized carbons (Fsp3) is 0.400. The number of benzene rings is 1. The van der Waals surface area contributed by atoms with Gasteiger partial charge in [0.05, 0.1) is 6.61 Å². The highest BCUT2D eigenvalue weighted by Crippen LogP contribution is 2.31. The molecule has 0 aliphatic carbocycles. The average molecular weight is 279 g/mol. The summed E-state index contributed by atoms with van der Waals surface area (Å²) >= 11 is 9.42. The first kappa shape index (κ1) is 12.0. The average Bonchev–Trinajstić information content (AvgIpc) is 2.20. The van der Waals surface area contributed by atoms with E-state index >= 15 is 0 Å². The summed E-state index contributed by atoms with van der Waals surface area (Å²) in [4.78, 5) is 0. The molecule has 0 heterocycles. The van der Waals surface area contributed by atoms with E-state index in [4.69, 9.17) is 17.3 Å². The number of aliphatic hydroxyl groups excluding tert-OH is 1. The normalized spacial score (nSPS) is 15.2. The predicted molar refractivity (Wildman–Crippen MR) is 62.6 cm³/mol. The Bertz CT molecular complexity index is 326. The summed E-state index contributed by atoms with van der Waals surface area (Å²) in [5.74, 6) is 0. The van der Waals surface area contributed by atoms with Gasteiger partial charge in [-0.05, 0) is 23.8 Å². The first-order chi connectivity index (χ1) is 6.53. The van der Waals surface area contributed by atoms with Gasteiger partial charge in [0.2, 0.25) is 0 Å². The van der Waals surface area contributed by atoms with Gasteiger partial charge in [0, 0.05) is 21.5 Å². The van der Waals surface area contributed by atoms with Crippen LogP contribution in [0.2, 0.25) is 5.02 Å². The van der Waals surface area contributed by atoms with E-state index in [0.717, 1.165) is 10.0 Å². The van der Waals surface area contributed by atoms with Crippen molar-refractivity contribution in [3.63, 3.8) is 0 Å². The molecule has 0 saturated carbocycles. The Morgan fingerprint density at radius 2 is 2.21 bits per heavy atom. The van der Waals surface area contributed by atoms with E-state index in [-0.39, 0.29) is 6.61 Å². The molecule has 0 bridgehead atoms. The van der Waals surface area contributed by atoms with Crippen molar-refractivity contribution in [2.24, 2.45) is 5.73 Å². The third-order valence-electron chi connectivity index (χ3n) is 2.38. The van der Waals surface area contributed by atoms with Crippen molar-refractivity contribution in [2.75, 3.05) is 13.2 Å². The van der Waals surface area contributed by atoms with Crippen LogP contribution < -0.4 is 5.73 Å². The van der Waals surface area contributed by atoms with E-state index in [2.05, 4.69) is 15.9 Å². The fourth-order valence-corrected chi connectivity index (χ4v) is 1.93. The molecule has 0 amide bonds. The Kier molecular flexibility index (Phi) is 3.95. The van der Waals surface area contributed by atoms with Crippen LogP contribution in [0.25, 0.3) is 0 Å². The van der Waals surface area contributed by atoms with Gasteiger partial charge in [0.1, 0.15) is 0 Å². The monoisotopic (exact) mass is 277 g/mol. The van der Waals surface area contributed by atoms with Gasteiger partial charge >= 0.3 is 0 Å². The molecule has 3 N–H and O–H groups in total. The molecule has 0 fully saturated rings. The Balaban J connectivity index is 3.22. The smallest absolute Gasteiger partial charge is 0.0538 e. The van der Waals surface area contributed by atoms with Gasteiger partial charge in [-0.3, -0.25) is 0 Å². The molecule has 0 aliphatic heterocycles. The van der Waals surface area contributed by atoms with E-state index in [1.54, 1.807) is 6.07 Å². The molecule has 0 saturated heterocycles. The molecule has 1 unspecified atom stereocenters. The van der Waals surface area contributed by atoms with Gasteiger partial charge in [0.25, 0.3) is 0 Å². The maximum absolute atomic E-state index is 9.30. The van der Waals surface area contributed by atoms with E-state index < -0.39 is 5.41 Å². The number of halogens is 2. The number of hydrogen-bond donors (Lipinski definition) is 2. The lowest BCUT2D eigenvalue weighted by Crippen LogP contribution is -2.35. The van der Waals surface area contributed by atoms with E-state index in [1.165, 1.54) is 0 Å². The molecule has 2 nitrogen and oxygen atoms in total. The molecule has 1 rings (SSSR count). The van der Waals surface area contributed by atoms with Crippen LogP contribution in [0.4, 0.5) is 0 Å². The molecule has 0 aromatic heterocycles. The highest BCUT2D eigenvalue weighted by molar-refractivity contribution is 9.10. The van der Waals surface area contributed by atoms with Crippen molar-refractivity contribution in [3.8, 4) is 0 Å². The summed E-state index contributed by atoms with van der Waals surface area (Å²) in [5, 5.41) is 9.93. The molecule has 1 atom stereocenters. The maximum atomic E-state index is 9.30. The van der Waals surface area contributed by atoms with Crippen LogP contribution in [0, 0.1) is 0 Å². The van der Waals surface area contributed by atoms with E-state index in [0.29, 0.717) is 11.6 Å². The van der Waals surface area contributed by atoms with Crippen LogP contribution in [0.5, 0.6) is 0 Å². The topological polar surface area (TPSA) is 46.2 Å². The van der Waals surface area contributed by atoms with Crippen molar-refractivity contribution < 1.29 is 5.11 Å². The molecule has 0 spiro atoms. The molecule has 1 aromatic carbocycles. The lowest BCUT2D eigenvalue weighted by atomic mass is 9.83. The largest absolute Gasteiger partial charge is 0.395 e. The number of hydrogen-bond acceptors (Lipinski definition) is 2. The van der Waals surface area contributed by atoms with E-state index in [1.807, 2.05) is 19.1 Å². The zero-order valence-corrected chi connectivity index (χ0v) is 10.3. The number of nitrogens with two attached hydrogens (primary N) is 1. The maximum Gasteiger partial charge on any atom is 0.0538 e. The summed E-state index contributed by atoms with van der Waals surface area (Å²) < 4.78 is 0.935. The first-order valence-corrected chi connectivity index (χ1v) is 5.47. The molecular formula is C10H13BrClNO. The van der Waals surface area contributed by atoms with Crippen LogP contribution in [0.3, 0.4) is 0 Å². The first-order valence-electron chi connectivity index (χ1n) is 4.30. The van der Waals surface area contributed by atoms with Crippen LogP contribution in [0.1, 0.15) is 12.5 Å². The fourth-order valence-electron chi connectivity index (χ4n) is 1.22. The Morgan fingerprint density at radius 3 is 2.71 bits per heavy atom. The van der Waals surface area contributed by atoms with Crippen LogP contribution >= 0.6 is 27.5 Å². The third-order valence-corrected chi connectivity index (χ3v) is 3.20. The van der Waals surface area contributed by atoms with Crippen LogP contribution in [-0.4, -0.2) is 18.3 Å². The molecule has 4 heteroatoms. The minimum absolute atomic E-state index is 0.0142. The van der Waals surface area contributed by atoms with Crippen LogP contribution in [0.15, 0.2) is 22.7 Å². The minimum atomic E-state index is -0.471. The molecule has 1 aromatic rings. The molecule has 0 aliphatic rings. The van der Waals surface area contributed by atoms with Gasteiger partial charge in [-0.2, -0.15) is 0 Å². The van der Waals surface area contributed by atoms with Gasteiger partial charge < -0.3 is 10.8 Å². The Hall–Kier alpha value is -0.0900. The van der Waals surface area contributed by atoms with Gasteiger partial charge in [-0.1, -0.05) is 34.5 Å². The SMILES string of the molecule is CC(CN)(CO)c1cc(Br)ccc1Cl.